The fourth-order valence-electron chi connectivity index (χ4n) is 1.43. The molecule has 0 radical (unpaired) electrons. The van der Waals surface area contributed by atoms with Gasteiger partial charge in [-0.3, -0.25) is 9.89 Å². The monoisotopic (exact) mass is 202 g/mol. The SMILES string of the molecule is Cl.NC(=O)c1n[nH]c2c1CNCC2. The summed E-state index contributed by atoms with van der Waals surface area (Å²) in [7, 11) is 0. The first-order chi connectivity index (χ1) is 5.79. The van der Waals surface area contributed by atoms with Crippen molar-refractivity contribution in [1.82, 2.24) is 15.5 Å². The number of carbonyl (C=O) groups excluding carboxylic acids is 1. The van der Waals surface area contributed by atoms with Crippen molar-refractivity contribution in [2.75, 3.05) is 6.54 Å². The topological polar surface area (TPSA) is 83.8 Å². The highest BCUT2D eigenvalue weighted by Crippen LogP contribution is 2.14. The number of amides is 1. The number of fused-ring (bicyclic) bond motifs is 1. The van der Waals surface area contributed by atoms with Gasteiger partial charge in [-0.25, -0.2) is 0 Å². The molecule has 72 valence electrons. The summed E-state index contributed by atoms with van der Waals surface area (Å²) in [5.74, 6) is -0.462. The molecule has 2 rings (SSSR count). The van der Waals surface area contributed by atoms with Gasteiger partial charge in [0.25, 0.3) is 5.91 Å². The molecule has 1 aromatic rings. The van der Waals surface area contributed by atoms with Crippen molar-refractivity contribution in [2.24, 2.45) is 5.73 Å². The molecule has 13 heavy (non-hydrogen) atoms. The number of H-pyrrole nitrogens is 1. The fraction of sp³-hybridized carbons (Fsp3) is 0.429. The number of hydrogen-bond acceptors (Lipinski definition) is 3. The third-order valence-electron chi connectivity index (χ3n) is 2.04. The van der Waals surface area contributed by atoms with Gasteiger partial charge >= 0.3 is 0 Å². The van der Waals surface area contributed by atoms with Crippen molar-refractivity contribution in [3.63, 3.8) is 0 Å². The molecule has 0 unspecified atom stereocenters. The van der Waals surface area contributed by atoms with Gasteiger partial charge in [0.1, 0.15) is 0 Å². The van der Waals surface area contributed by atoms with Crippen LogP contribution >= 0.6 is 12.4 Å². The van der Waals surface area contributed by atoms with Gasteiger partial charge < -0.3 is 11.1 Å². The van der Waals surface area contributed by atoms with Crippen LogP contribution in [-0.4, -0.2) is 22.6 Å². The van der Waals surface area contributed by atoms with Crippen LogP contribution in [0, 0.1) is 0 Å². The maximum atomic E-state index is 10.8. The van der Waals surface area contributed by atoms with E-state index in [1.54, 1.807) is 0 Å². The fourth-order valence-corrected chi connectivity index (χ4v) is 1.43. The average Bonchev–Trinajstić information content (AvgIpc) is 2.47. The Morgan fingerprint density at radius 3 is 3.00 bits per heavy atom. The van der Waals surface area contributed by atoms with Crippen LogP contribution in [0.1, 0.15) is 21.7 Å². The molecule has 1 amide bonds. The Morgan fingerprint density at radius 1 is 1.54 bits per heavy atom. The van der Waals surface area contributed by atoms with E-state index < -0.39 is 5.91 Å². The molecule has 2 heterocycles. The molecule has 4 N–H and O–H groups in total. The summed E-state index contributed by atoms with van der Waals surface area (Å²) >= 11 is 0. The molecule has 1 aromatic heterocycles. The number of carbonyl (C=O) groups is 1. The molecule has 6 heteroatoms. The molecule has 0 bridgehead atoms. The molecule has 5 nitrogen and oxygen atoms in total. The smallest absolute Gasteiger partial charge is 0.269 e. The number of aromatic amines is 1. The summed E-state index contributed by atoms with van der Waals surface area (Å²) in [5, 5.41) is 9.83. The van der Waals surface area contributed by atoms with Crippen molar-refractivity contribution >= 4 is 18.3 Å². The van der Waals surface area contributed by atoms with E-state index in [2.05, 4.69) is 15.5 Å². The summed E-state index contributed by atoms with van der Waals surface area (Å²) in [6.07, 6.45) is 0.885. The zero-order valence-corrected chi connectivity index (χ0v) is 7.78. The van der Waals surface area contributed by atoms with Crippen LogP contribution in [0.15, 0.2) is 0 Å². The van der Waals surface area contributed by atoms with E-state index in [0.717, 1.165) is 24.2 Å². The molecule has 0 aromatic carbocycles. The van der Waals surface area contributed by atoms with E-state index in [0.29, 0.717) is 12.2 Å². The molecular weight excluding hydrogens is 192 g/mol. The lowest BCUT2D eigenvalue weighted by Crippen LogP contribution is -2.25. The summed E-state index contributed by atoms with van der Waals surface area (Å²) < 4.78 is 0. The highest BCUT2D eigenvalue weighted by Gasteiger charge is 2.19. The highest BCUT2D eigenvalue weighted by molar-refractivity contribution is 5.92. The molecular formula is C7H11ClN4O. The third-order valence-corrected chi connectivity index (χ3v) is 2.04. The zero-order chi connectivity index (χ0) is 8.55. The summed E-state index contributed by atoms with van der Waals surface area (Å²) in [6.45, 7) is 1.61. The van der Waals surface area contributed by atoms with E-state index in [9.17, 15) is 4.79 Å². The molecule has 0 aliphatic carbocycles. The second kappa shape index (κ2) is 3.76. The Balaban J connectivity index is 0.000000845. The Kier molecular flexibility index (Phi) is 2.90. The lowest BCUT2D eigenvalue weighted by molar-refractivity contribution is 0.0994. The van der Waals surface area contributed by atoms with Crippen molar-refractivity contribution in [3.05, 3.63) is 17.0 Å². The molecule has 1 aliphatic heterocycles. The van der Waals surface area contributed by atoms with Gasteiger partial charge in [-0.05, 0) is 0 Å². The zero-order valence-electron chi connectivity index (χ0n) is 6.96. The minimum atomic E-state index is -0.462. The molecule has 0 saturated heterocycles. The number of primary amides is 1. The van der Waals surface area contributed by atoms with Gasteiger partial charge in [0.15, 0.2) is 5.69 Å². The number of nitrogens with one attached hydrogen (secondary N) is 2. The van der Waals surface area contributed by atoms with E-state index in [1.165, 1.54) is 0 Å². The van der Waals surface area contributed by atoms with Crippen molar-refractivity contribution in [3.8, 4) is 0 Å². The average molecular weight is 203 g/mol. The van der Waals surface area contributed by atoms with Crippen LogP contribution in [0.4, 0.5) is 0 Å². The quantitative estimate of drug-likeness (QED) is 0.578. The highest BCUT2D eigenvalue weighted by atomic mass is 35.5. The maximum absolute atomic E-state index is 10.8. The van der Waals surface area contributed by atoms with Crippen LogP contribution < -0.4 is 11.1 Å². The molecule has 0 atom stereocenters. The van der Waals surface area contributed by atoms with E-state index in [4.69, 9.17) is 5.73 Å². The van der Waals surface area contributed by atoms with Crippen molar-refractivity contribution < 1.29 is 4.79 Å². The van der Waals surface area contributed by atoms with Gasteiger partial charge in [-0.15, -0.1) is 12.4 Å². The molecule has 0 saturated carbocycles. The Morgan fingerprint density at radius 2 is 2.31 bits per heavy atom. The van der Waals surface area contributed by atoms with E-state index >= 15 is 0 Å². The Labute approximate surface area is 81.5 Å². The normalized spacial score (nSPS) is 14.5. The number of halogens is 1. The van der Waals surface area contributed by atoms with Gasteiger partial charge in [0.2, 0.25) is 0 Å². The molecule has 0 fully saturated rings. The minimum absolute atomic E-state index is 0. The maximum Gasteiger partial charge on any atom is 0.269 e. The standard InChI is InChI=1S/C7H10N4O.ClH/c8-7(12)6-4-3-9-2-1-5(4)10-11-6;/h9H,1-3H2,(H2,8,12)(H,10,11);1H. The van der Waals surface area contributed by atoms with Crippen molar-refractivity contribution in [1.29, 1.82) is 0 Å². The van der Waals surface area contributed by atoms with Gasteiger partial charge in [0.05, 0.1) is 0 Å². The summed E-state index contributed by atoms with van der Waals surface area (Å²) in [4.78, 5) is 10.8. The number of rotatable bonds is 1. The number of hydrogen-bond donors (Lipinski definition) is 3. The lowest BCUT2D eigenvalue weighted by atomic mass is 10.1. The van der Waals surface area contributed by atoms with Crippen LogP contribution in [0.5, 0.6) is 0 Å². The second-order valence-electron chi connectivity index (χ2n) is 2.82. The first-order valence-electron chi connectivity index (χ1n) is 3.85. The largest absolute Gasteiger partial charge is 0.364 e. The Hall–Kier alpha value is -1.07. The first-order valence-corrected chi connectivity index (χ1v) is 3.85. The van der Waals surface area contributed by atoms with Gasteiger partial charge in [0, 0.05) is 30.8 Å². The predicted octanol–water partition coefficient (Wildman–Crippen LogP) is -0.424. The third kappa shape index (κ3) is 1.66. The summed E-state index contributed by atoms with van der Waals surface area (Å²) in [6, 6.07) is 0. The second-order valence-corrected chi connectivity index (χ2v) is 2.82. The Bertz CT molecular complexity index is 322. The van der Waals surface area contributed by atoms with Crippen LogP contribution in [-0.2, 0) is 13.0 Å². The molecule has 0 spiro atoms. The van der Waals surface area contributed by atoms with Crippen LogP contribution in [0.25, 0.3) is 0 Å². The first kappa shape index (κ1) is 10.0. The minimum Gasteiger partial charge on any atom is -0.364 e. The van der Waals surface area contributed by atoms with Crippen molar-refractivity contribution in [2.45, 2.75) is 13.0 Å². The van der Waals surface area contributed by atoms with E-state index in [-0.39, 0.29) is 12.4 Å². The van der Waals surface area contributed by atoms with Gasteiger partial charge in [-0.1, -0.05) is 0 Å². The number of aromatic nitrogens is 2. The molecule has 1 aliphatic rings. The van der Waals surface area contributed by atoms with Gasteiger partial charge in [-0.2, -0.15) is 5.10 Å². The predicted molar refractivity (Wildman–Crippen MR) is 49.8 cm³/mol. The number of nitrogens with two attached hydrogens (primary N) is 1. The summed E-state index contributed by atoms with van der Waals surface area (Å²) in [5.41, 5.74) is 7.46. The van der Waals surface area contributed by atoms with E-state index in [1.807, 2.05) is 0 Å². The lowest BCUT2D eigenvalue weighted by Gasteiger charge is -2.11. The van der Waals surface area contributed by atoms with Crippen LogP contribution in [0.3, 0.4) is 0 Å². The van der Waals surface area contributed by atoms with Crippen LogP contribution in [0.2, 0.25) is 0 Å². The number of nitrogens with zero attached hydrogens (tertiary/aromatic N) is 1.